The normalized spacial score (nSPS) is 18.0. The number of halogens is 3. The lowest BCUT2D eigenvalue weighted by Crippen LogP contribution is -2.29. The third-order valence-corrected chi connectivity index (χ3v) is 8.15. The van der Waals surface area contributed by atoms with Gasteiger partial charge in [0.15, 0.2) is 0 Å². The van der Waals surface area contributed by atoms with E-state index in [1.807, 2.05) is 6.92 Å². The van der Waals surface area contributed by atoms with E-state index in [1.165, 1.54) is 18.2 Å². The molecular formula is C21H27F3NO3P. The summed E-state index contributed by atoms with van der Waals surface area (Å²) >= 11 is 0. The smallest absolute Gasteiger partial charge is 0.478 e. The fourth-order valence-corrected chi connectivity index (χ4v) is 7.30. The minimum atomic E-state index is -4.81. The minimum absolute atomic E-state index is 0.156. The number of rotatable bonds is 6. The van der Waals surface area contributed by atoms with Crippen molar-refractivity contribution in [3.8, 4) is 5.75 Å². The highest BCUT2D eigenvalue weighted by Gasteiger charge is 2.39. The Morgan fingerprint density at radius 2 is 1.72 bits per heavy atom. The van der Waals surface area contributed by atoms with Crippen molar-refractivity contribution < 1.29 is 27.8 Å². The van der Waals surface area contributed by atoms with Crippen LogP contribution in [0, 0.1) is 0 Å². The van der Waals surface area contributed by atoms with E-state index in [9.17, 15) is 23.1 Å². The van der Waals surface area contributed by atoms with Gasteiger partial charge < -0.3 is 15.2 Å². The van der Waals surface area contributed by atoms with Crippen LogP contribution >= 0.6 is 7.92 Å². The standard InChI is InChI=1S/C21H27F3NO3P/c1-11(2)29(12(3)4)19-14(6)25-13(5)17(20(26)27)18(19)15-8-7-9-16(10-15)28-21(22,23)24/h7-12,18,25H,1-6H3,(H,26,27). The van der Waals surface area contributed by atoms with Gasteiger partial charge in [0, 0.05) is 17.3 Å². The second-order valence-electron chi connectivity index (χ2n) is 7.63. The van der Waals surface area contributed by atoms with Crippen molar-refractivity contribution in [2.45, 2.75) is 65.1 Å². The molecule has 160 valence electrons. The summed E-state index contributed by atoms with van der Waals surface area (Å²) < 4.78 is 42.2. The summed E-state index contributed by atoms with van der Waals surface area (Å²) in [7, 11) is -0.749. The van der Waals surface area contributed by atoms with E-state index >= 15 is 0 Å². The zero-order valence-electron chi connectivity index (χ0n) is 17.4. The molecule has 1 heterocycles. The molecule has 1 aliphatic rings. The van der Waals surface area contributed by atoms with Crippen molar-refractivity contribution in [1.82, 2.24) is 5.32 Å². The van der Waals surface area contributed by atoms with E-state index in [1.54, 1.807) is 13.0 Å². The molecule has 1 aliphatic heterocycles. The summed E-state index contributed by atoms with van der Waals surface area (Å²) in [4.78, 5) is 12.2. The molecule has 0 aromatic heterocycles. The lowest BCUT2D eigenvalue weighted by molar-refractivity contribution is -0.274. The highest BCUT2D eigenvalue weighted by Crippen LogP contribution is 2.61. The first kappa shape index (κ1) is 23.3. The molecule has 29 heavy (non-hydrogen) atoms. The summed E-state index contributed by atoms with van der Waals surface area (Å²) in [6.45, 7) is 12.0. The van der Waals surface area contributed by atoms with Crippen LogP contribution in [0.1, 0.15) is 53.0 Å². The number of carboxylic acid groups (broad SMARTS) is 1. The van der Waals surface area contributed by atoms with Gasteiger partial charge in [-0.15, -0.1) is 13.2 Å². The number of hydrogen-bond acceptors (Lipinski definition) is 3. The molecule has 8 heteroatoms. The van der Waals surface area contributed by atoms with E-state index in [0.29, 0.717) is 11.3 Å². The molecule has 0 spiro atoms. The zero-order valence-corrected chi connectivity index (χ0v) is 18.3. The monoisotopic (exact) mass is 429 g/mol. The van der Waals surface area contributed by atoms with Gasteiger partial charge in [-0.1, -0.05) is 47.7 Å². The number of alkyl halides is 3. The number of hydrogen-bond donors (Lipinski definition) is 2. The molecule has 1 unspecified atom stereocenters. The summed E-state index contributed by atoms with van der Waals surface area (Å²) in [5.41, 5.74) is 2.56. The van der Waals surface area contributed by atoms with Crippen molar-refractivity contribution in [1.29, 1.82) is 0 Å². The number of benzene rings is 1. The number of carbonyl (C=O) groups is 1. The van der Waals surface area contributed by atoms with Gasteiger partial charge in [-0.05, 0) is 48.2 Å². The van der Waals surface area contributed by atoms with E-state index in [4.69, 9.17) is 0 Å². The van der Waals surface area contributed by atoms with Crippen molar-refractivity contribution in [2.24, 2.45) is 0 Å². The highest BCUT2D eigenvalue weighted by molar-refractivity contribution is 7.63. The Hall–Kier alpha value is -2.01. The van der Waals surface area contributed by atoms with Gasteiger partial charge in [0.05, 0.1) is 5.57 Å². The first-order valence-corrected chi connectivity index (χ1v) is 10.9. The maximum atomic E-state index is 12.7. The van der Waals surface area contributed by atoms with Crippen LogP contribution in [0.5, 0.6) is 5.75 Å². The van der Waals surface area contributed by atoms with E-state index < -0.39 is 26.2 Å². The fourth-order valence-electron chi connectivity index (χ4n) is 3.98. The quantitative estimate of drug-likeness (QED) is 0.532. The third kappa shape index (κ3) is 5.33. The Morgan fingerprint density at radius 1 is 1.14 bits per heavy atom. The fraction of sp³-hybridized carbons (Fsp3) is 0.476. The molecule has 1 aromatic carbocycles. The number of ether oxygens (including phenoxy) is 1. The van der Waals surface area contributed by atoms with Gasteiger partial charge in [0.1, 0.15) is 5.75 Å². The van der Waals surface area contributed by atoms with Gasteiger partial charge in [0.2, 0.25) is 0 Å². The largest absolute Gasteiger partial charge is 0.573 e. The lowest BCUT2D eigenvalue weighted by atomic mass is 9.86. The third-order valence-electron chi connectivity index (χ3n) is 4.77. The second kappa shape index (κ2) is 8.78. The van der Waals surface area contributed by atoms with Crippen LogP contribution in [-0.4, -0.2) is 28.8 Å². The molecule has 2 N–H and O–H groups in total. The van der Waals surface area contributed by atoms with Crippen LogP contribution in [-0.2, 0) is 4.79 Å². The molecule has 1 atom stereocenters. The second-order valence-corrected chi connectivity index (χ2v) is 11.0. The summed E-state index contributed by atoms with van der Waals surface area (Å²) in [6.07, 6.45) is -4.81. The predicted molar refractivity (Wildman–Crippen MR) is 109 cm³/mol. The van der Waals surface area contributed by atoms with Crippen molar-refractivity contribution in [2.75, 3.05) is 0 Å². The topological polar surface area (TPSA) is 58.6 Å². The van der Waals surface area contributed by atoms with Crippen molar-refractivity contribution in [3.05, 3.63) is 52.1 Å². The highest BCUT2D eigenvalue weighted by atomic mass is 31.1. The molecule has 0 radical (unpaired) electrons. The number of carboxylic acids is 1. The molecule has 0 saturated heterocycles. The molecular weight excluding hydrogens is 402 g/mol. The molecule has 0 saturated carbocycles. The lowest BCUT2D eigenvalue weighted by Gasteiger charge is -2.39. The van der Waals surface area contributed by atoms with Crippen LogP contribution in [0.3, 0.4) is 0 Å². The molecule has 2 rings (SSSR count). The average Bonchev–Trinajstić information content (AvgIpc) is 2.54. The van der Waals surface area contributed by atoms with Crippen LogP contribution in [0.4, 0.5) is 13.2 Å². The zero-order chi connectivity index (χ0) is 22.1. The maximum absolute atomic E-state index is 12.7. The van der Waals surface area contributed by atoms with Gasteiger partial charge in [-0.2, -0.15) is 0 Å². The SMILES string of the molecule is CC1=C(C(=O)O)C(c2cccc(OC(F)(F)F)c2)C(P(C(C)C)C(C)C)=C(C)N1. The Bertz CT molecular complexity index is 836. The van der Waals surface area contributed by atoms with Crippen LogP contribution in [0.15, 0.2) is 46.5 Å². The first-order chi connectivity index (χ1) is 13.3. The number of aliphatic carboxylic acids is 1. The predicted octanol–water partition coefficient (Wildman–Crippen LogP) is 6.16. The Morgan fingerprint density at radius 3 is 2.21 bits per heavy atom. The van der Waals surface area contributed by atoms with E-state index in [-0.39, 0.29) is 22.6 Å². The molecule has 4 nitrogen and oxygen atoms in total. The Kier molecular flexibility index (Phi) is 7.05. The summed E-state index contributed by atoms with van der Waals surface area (Å²) in [6, 6.07) is 5.64. The van der Waals surface area contributed by atoms with Crippen LogP contribution < -0.4 is 10.1 Å². The van der Waals surface area contributed by atoms with Gasteiger partial charge >= 0.3 is 12.3 Å². The van der Waals surface area contributed by atoms with Gasteiger partial charge in [-0.3, -0.25) is 0 Å². The molecule has 1 aromatic rings. The Labute approximate surface area is 170 Å². The van der Waals surface area contributed by atoms with Crippen molar-refractivity contribution >= 4 is 13.9 Å². The minimum Gasteiger partial charge on any atom is -0.478 e. The maximum Gasteiger partial charge on any atom is 0.573 e. The number of allylic oxidation sites excluding steroid dienone is 3. The number of dihydropyridines is 1. The average molecular weight is 429 g/mol. The van der Waals surface area contributed by atoms with Gasteiger partial charge in [-0.25, -0.2) is 4.79 Å². The summed E-state index contributed by atoms with van der Waals surface area (Å²) in [5, 5.41) is 14.1. The molecule has 0 amide bonds. The van der Waals surface area contributed by atoms with Crippen LogP contribution in [0.25, 0.3) is 0 Å². The van der Waals surface area contributed by atoms with Crippen LogP contribution in [0.2, 0.25) is 0 Å². The summed E-state index contributed by atoms with van der Waals surface area (Å²) in [5.74, 6) is -2.08. The van der Waals surface area contributed by atoms with E-state index in [2.05, 4.69) is 37.7 Å². The first-order valence-electron chi connectivity index (χ1n) is 9.39. The Balaban J connectivity index is 2.70. The number of nitrogens with one attached hydrogen (secondary N) is 1. The van der Waals surface area contributed by atoms with Gasteiger partial charge in [0.25, 0.3) is 0 Å². The molecule has 0 bridgehead atoms. The van der Waals surface area contributed by atoms with Crippen molar-refractivity contribution in [3.63, 3.8) is 0 Å². The van der Waals surface area contributed by atoms with E-state index in [0.717, 1.165) is 11.0 Å². The molecule has 0 aliphatic carbocycles. The molecule has 0 fully saturated rings.